The highest BCUT2D eigenvalue weighted by molar-refractivity contribution is 7.99. The lowest BCUT2D eigenvalue weighted by atomic mass is 9.67. The summed E-state index contributed by atoms with van der Waals surface area (Å²) in [5, 5.41) is 26.3. The van der Waals surface area contributed by atoms with Crippen molar-refractivity contribution < 1.29 is 0 Å². The van der Waals surface area contributed by atoms with Gasteiger partial charge in [0.05, 0.1) is 85.1 Å². The number of benzene rings is 8. The molecule has 0 saturated heterocycles. The molecular weight excluding hydrogens is 863 g/mol. The van der Waals surface area contributed by atoms with Gasteiger partial charge in [-0.3, -0.25) is 9.97 Å². The molecule has 7 nitrogen and oxygen atoms in total. The predicted octanol–water partition coefficient (Wildman–Crippen LogP) is 14.3. The summed E-state index contributed by atoms with van der Waals surface area (Å²) < 4.78 is 7.03. The SMILES string of the molecule is N#Cc1ccc2c(c1)c1ccccc1n2-c1cnc2c(c1)C1(c3ccccc3Sc3ccc(-n4c5ccccc5c5cc(-n6c7ccccc7c7cc(C#N)ccc76)ccc54)cc31)c1cccnc1-2. The normalized spacial score (nSPS) is 14.6. The van der Waals surface area contributed by atoms with Crippen LogP contribution in [0.4, 0.5) is 0 Å². The summed E-state index contributed by atoms with van der Waals surface area (Å²) in [6, 6.07) is 71.5. The quantitative estimate of drug-likeness (QED) is 0.176. The van der Waals surface area contributed by atoms with Crippen LogP contribution in [0.2, 0.25) is 0 Å². The monoisotopic (exact) mass is 895 g/mol. The molecule has 8 aromatic carbocycles. The van der Waals surface area contributed by atoms with Crippen LogP contribution in [-0.4, -0.2) is 23.7 Å². The second-order valence-electron chi connectivity index (χ2n) is 18.0. The highest BCUT2D eigenvalue weighted by Gasteiger charge is 2.52. The summed E-state index contributed by atoms with van der Waals surface area (Å²) in [6.07, 6.45) is 3.86. The molecule has 0 saturated carbocycles. The molecule has 0 amide bonds. The minimum absolute atomic E-state index is 0.629. The zero-order valence-electron chi connectivity index (χ0n) is 36.6. The van der Waals surface area contributed by atoms with Crippen molar-refractivity contribution in [1.29, 1.82) is 10.5 Å². The first kappa shape index (κ1) is 38.0. The van der Waals surface area contributed by atoms with Crippen molar-refractivity contribution in [2.24, 2.45) is 0 Å². The molecule has 0 fully saturated rings. The Labute approximate surface area is 399 Å². The molecule has 1 aliphatic heterocycles. The number of aromatic nitrogens is 5. The van der Waals surface area contributed by atoms with Crippen LogP contribution in [0.5, 0.6) is 0 Å². The van der Waals surface area contributed by atoms with Crippen molar-refractivity contribution in [3.05, 3.63) is 234 Å². The molecule has 0 radical (unpaired) electrons. The van der Waals surface area contributed by atoms with Crippen LogP contribution in [0.25, 0.3) is 93.9 Å². The zero-order chi connectivity index (χ0) is 45.5. The van der Waals surface area contributed by atoms with Crippen LogP contribution >= 0.6 is 11.8 Å². The van der Waals surface area contributed by atoms with E-state index in [4.69, 9.17) is 9.97 Å². The van der Waals surface area contributed by atoms with Gasteiger partial charge in [-0.05, 0) is 126 Å². The van der Waals surface area contributed by atoms with E-state index in [2.05, 4.69) is 190 Å². The number of fused-ring (bicyclic) bond motifs is 18. The molecule has 1 aliphatic carbocycles. The molecule has 1 spiro atoms. The summed E-state index contributed by atoms with van der Waals surface area (Å²) >= 11 is 1.82. The number of pyridine rings is 2. The molecule has 5 aromatic heterocycles. The van der Waals surface area contributed by atoms with E-state index < -0.39 is 5.41 Å². The van der Waals surface area contributed by atoms with Crippen LogP contribution in [0.3, 0.4) is 0 Å². The van der Waals surface area contributed by atoms with Gasteiger partial charge in [-0.2, -0.15) is 10.5 Å². The van der Waals surface area contributed by atoms with E-state index in [1.807, 2.05) is 48.4 Å². The highest BCUT2D eigenvalue weighted by atomic mass is 32.2. The topological polar surface area (TPSA) is 88.1 Å². The third-order valence-corrected chi connectivity index (χ3v) is 15.8. The zero-order valence-corrected chi connectivity index (χ0v) is 37.4. The Morgan fingerprint density at radius 1 is 0.377 bits per heavy atom. The van der Waals surface area contributed by atoms with Gasteiger partial charge in [-0.15, -0.1) is 0 Å². The molecule has 8 heteroatoms. The van der Waals surface area contributed by atoms with E-state index in [-0.39, 0.29) is 0 Å². The molecule has 1 unspecified atom stereocenters. The first-order valence-corrected chi connectivity index (χ1v) is 23.7. The summed E-state index contributed by atoms with van der Waals surface area (Å²) in [4.78, 5) is 12.9. The van der Waals surface area contributed by atoms with Crippen molar-refractivity contribution >= 4 is 77.2 Å². The minimum Gasteiger partial charge on any atom is -0.309 e. The Bertz CT molecular complexity index is 4520. The lowest BCUT2D eigenvalue weighted by molar-refractivity contribution is 0.717. The number of rotatable bonds is 3. The predicted molar refractivity (Wildman–Crippen MR) is 276 cm³/mol. The van der Waals surface area contributed by atoms with Crippen LogP contribution in [0.1, 0.15) is 33.4 Å². The minimum atomic E-state index is -0.754. The maximum absolute atomic E-state index is 9.91. The van der Waals surface area contributed by atoms with Crippen molar-refractivity contribution in [3.8, 4) is 40.6 Å². The van der Waals surface area contributed by atoms with E-state index in [0.717, 1.165) is 105 Å². The molecule has 1 atom stereocenters. The van der Waals surface area contributed by atoms with Gasteiger partial charge in [0.1, 0.15) is 0 Å². The van der Waals surface area contributed by atoms with Crippen molar-refractivity contribution in [1.82, 2.24) is 23.7 Å². The first-order valence-electron chi connectivity index (χ1n) is 22.9. The van der Waals surface area contributed by atoms with Crippen LogP contribution < -0.4 is 0 Å². The van der Waals surface area contributed by atoms with E-state index >= 15 is 0 Å². The standard InChI is InChI=1S/C61H33N7S/c62-33-36-19-23-54-44(28-36)41-10-1-5-15-51(41)66(54)38-21-25-56-46(30-38)43-12-3-6-16-52(43)67(56)39-22-26-58-49(31-39)61(47-13-4-8-18-57(47)69-58)48-14-9-27-64-59(48)60-50(61)32-40(35-65-60)68-53-17-7-2-11-42(53)45-29-37(34-63)20-24-55(45)68/h1-32,35H. The Hall–Kier alpha value is -9.21. The molecule has 15 rings (SSSR count). The van der Waals surface area contributed by atoms with Gasteiger partial charge in [0.25, 0.3) is 0 Å². The van der Waals surface area contributed by atoms with Gasteiger partial charge >= 0.3 is 0 Å². The summed E-state index contributed by atoms with van der Waals surface area (Å²) in [7, 11) is 0. The lowest BCUT2D eigenvalue weighted by Crippen LogP contribution is -2.32. The summed E-state index contributed by atoms with van der Waals surface area (Å²) in [5.41, 5.74) is 16.4. The van der Waals surface area contributed by atoms with Gasteiger partial charge in [0, 0.05) is 65.2 Å². The number of hydrogen-bond donors (Lipinski definition) is 0. The Morgan fingerprint density at radius 2 is 0.855 bits per heavy atom. The fourth-order valence-electron chi connectivity index (χ4n) is 11.9. The third kappa shape index (κ3) is 5.00. The van der Waals surface area contributed by atoms with Crippen LogP contribution in [-0.2, 0) is 5.41 Å². The van der Waals surface area contributed by atoms with Crippen LogP contribution in [0.15, 0.2) is 210 Å². The number of hydrogen-bond acceptors (Lipinski definition) is 5. The number of para-hydroxylation sites is 3. The molecule has 2 aliphatic rings. The maximum atomic E-state index is 9.91. The second kappa shape index (κ2) is 13.9. The molecule has 318 valence electrons. The average molecular weight is 896 g/mol. The molecule has 69 heavy (non-hydrogen) atoms. The smallest absolute Gasteiger partial charge is 0.0991 e. The van der Waals surface area contributed by atoms with Gasteiger partial charge in [0.15, 0.2) is 0 Å². The molecule has 0 N–H and O–H groups in total. The molecule has 13 aromatic rings. The number of nitriles is 2. The first-order chi connectivity index (χ1) is 34.1. The van der Waals surface area contributed by atoms with E-state index in [9.17, 15) is 10.5 Å². The van der Waals surface area contributed by atoms with Gasteiger partial charge in [-0.25, -0.2) is 0 Å². The van der Waals surface area contributed by atoms with E-state index in [1.54, 1.807) is 0 Å². The average Bonchev–Trinajstić information content (AvgIpc) is 4.12. The Kier molecular flexibility index (Phi) is 7.65. The largest absolute Gasteiger partial charge is 0.309 e. The maximum Gasteiger partial charge on any atom is 0.0991 e. The van der Waals surface area contributed by atoms with Gasteiger partial charge < -0.3 is 13.7 Å². The molecule has 0 bridgehead atoms. The van der Waals surface area contributed by atoms with Gasteiger partial charge in [0.2, 0.25) is 0 Å². The van der Waals surface area contributed by atoms with Crippen molar-refractivity contribution in [2.45, 2.75) is 15.2 Å². The number of nitrogens with zero attached hydrogens (tertiary/aromatic N) is 7. The molecular formula is C61H33N7S. The van der Waals surface area contributed by atoms with E-state index in [1.165, 1.54) is 20.9 Å². The highest BCUT2D eigenvalue weighted by Crippen LogP contribution is 2.62. The van der Waals surface area contributed by atoms with Crippen LogP contribution in [0, 0.1) is 22.7 Å². The Balaban J connectivity index is 0.981. The second-order valence-corrected chi connectivity index (χ2v) is 19.0. The summed E-state index contributed by atoms with van der Waals surface area (Å²) in [5.74, 6) is 0. The lowest BCUT2D eigenvalue weighted by Gasteiger charge is -2.39. The van der Waals surface area contributed by atoms with Crippen molar-refractivity contribution in [3.63, 3.8) is 0 Å². The summed E-state index contributed by atoms with van der Waals surface area (Å²) in [6.45, 7) is 0. The van der Waals surface area contributed by atoms with E-state index in [0.29, 0.717) is 11.1 Å². The fourth-order valence-corrected chi connectivity index (χ4v) is 13.0. The van der Waals surface area contributed by atoms with Gasteiger partial charge in [-0.1, -0.05) is 90.6 Å². The molecule has 6 heterocycles. The Morgan fingerprint density at radius 3 is 1.51 bits per heavy atom. The third-order valence-electron chi connectivity index (χ3n) is 14.6. The fraction of sp³-hybridized carbons (Fsp3) is 0.0164. The van der Waals surface area contributed by atoms with Crippen molar-refractivity contribution in [2.75, 3.05) is 0 Å².